The normalized spacial score (nSPS) is 18.8. The molecule has 2 aliphatic rings. The van der Waals surface area contributed by atoms with Gasteiger partial charge in [0.25, 0.3) is 0 Å². The van der Waals surface area contributed by atoms with Crippen LogP contribution in [-0.2, 0) is 14.4 Å². The summed E-state index contributed by atoms with van der Waals surface area (Å²) >= 11 is 6.40. The van der Waals surface area contributed by atoms with Crippen molar-refractivity contribution in [3.8, 4) is 0 Å². The van der Waals surface area contributed by atoms with Crippen LogP contribution in [0, 0.1) is 0 Å². The van der Waals surface area contributed by atoms with Gasteiger partial charge in [0.15, 0.2) is 0 Å². The summed E-state index contributed by atoms with van der Waals surface area (Å²) in [5.74, 6) is -1.05. The molecule has 2 aromatic rings. The monoisotopic (exact) mass is 398 g/mol. The van der Waals surface area contributed by atoms with Crippen LogP contribution in [0.25, 0.3) is 0 Å². The Bertz CT molecular complexity index is 962. The molecule has 3 amide bonds. The lowest BCUT2D eigenvalue weighted by molar-refractivity contribution is -0.123. The molecule has 1 saturated heterocycles. The number of hydrogen-bond acceptors (Lipinski definition) is 4. The second-order valence-corrected chi connectivity index (χ2v) is 7.23. The standard InChI is InChI=1S/C20H19ClN4O3/c21-15-9-12(5-6-17(15)25-8-7-22-19(27)11-25)23-20(28)14-10-18(26)24-16-4-2-1-3-13(14)16/h1-6,9,14H,7-8,10-11H2,(H,22,27)(H,23,28)(H,24,26)/t14-/m1/s1. The molecule has 1 fully saturated rings. The van der Waals surface area contributed by atoms with Gasteiger partial charge in [-0.1, -0.05) is 29.8 Å². The van der Waals surface area contributed by atoms with Crippen LogP contribution in [0.5, 0.6) is 0 Å². The molecule has 1 atom stereocenters. The van der Waals surface area contributed by atoms with E-state index in [2.05, 4.69) is 16.0 Å². The summed E-state index contributed by atoms with van der Waals surface area (Å²) in [6.45, 7) is 1.49. The molecule has 0 saturated carbocycles. The number of halogens is 1. The number of carbonyl (C=O) groups is 3. The molecular weight excluding hydrogens is 380 g/mol. The van der Waals surface area contributed by atoms with Gasteiger partial charge in [-0.15, -0.1) is 0 Å². The molecular formula is C20H19ClN4O3. The van der Waals surface area contributed by atoms with E-state index in [-0.39, 0.29) is 30.7 Å². The van der Waals surface area contributed by atoms with Crippen molar-refractivity contribution in [2.75, 3.05) is 35.2 Å². The van der Waals surface area contributed by atoms with Crippen molar-refractivity contribution in [2.45, 2.75) is 12.3 Å². The molecule has 0 bridgehead atoms. The summed E-state index contributed by atoms with van der Waals surface area (Å²) < 4.78 is 0. The molecule has 0 unspecified atom stereocenters. The fourth-order valence-electron chi connectivity index (χ4n) is 3.56. The Morgan fingerprint density at radius 1 is 1.14 bits per heavy atom. The molecule has 7 nitrogen and oxygen atoms in total. The van der Waals surface area contributed by atoms with Crippen LogP contribution in [-0.4, -0.2) is 37.4 Å². The minimum Gasteiger partial charge on any atom is -0.359 e. The number of fused-ring (bicyclic) bond motifs is 1. The highest BCUT2D eigenvalue weighted by Gasteiger charge is 2.30. The molecule has 0 aromatic heterocycles. The minimum atomic E-state index is -0.561. The van der Waals surface area contributed by atoms with E-state index in [4.69, 9.17) is 11.6 Å². The first-order valence-corrected chi connectivity index (χ1v) is 9.40. The molecule has 0 radical (unpaired) electrons. The second-order valence-electron chi connectivity index (χ2n) is 6.82. The lowest BCUT2D eigenvalue weighted by Crippen LogP contribution is -2.47. The molecule has 3 N–H and O–H groups in total. The van der Waals surface area contributed by atoms with Gasteiger partial charge in [0.2, 0.25) is 17.7 Å². The number of nitrogens with one attached hydrogen (secondary N) is 3. The zero-order valence-electron chi connectivity index (χ0n) is 15.0. The van der Waals surface area contributed by atoms with E-state index < -0.39 is 5.92 Å². The topological polar surface area (TPSA) is 90.5 Å². The lowest BCUT2D eigenvalue weighted by Gasteiger charge is -2.29. The highest BCUT2D eigenvalue weighted by Crippen LogP contribution is 2.34. The van der Waals surface area contributed by atoms with Crippen molar-refractivity contribution in [1.82, 2.24) is 5.32 Å². The van der Waals surface area contributed by atoms with Crippen LogP contribution in [0.1, 0.15) is 17.9 Å². The Balaban J connectivity index is 1.52. The zero-order chi connectivity index (χ0) is 19.7. The van der Waals surface area contributed by atoms with Crippen LogP contribution >= 0.6 is 11.6 Å². The van der Waals surface area contributed by atoms with Crippen LogP contribution in [0.4, 0.5) is 17.1 Å². The third-order valence-electron chi connectivity index (χ3n) is 4.91. The lowest BCUT2D eigenvalue weighted by atomic mass is 9.90. The summed E-state index contributed by atoms with van der Waals surface area (Å²) in [6, 6.07) is 12.5. The van der Waals surface area contributed by atoms with Gasteiger partial charge in [-0.05, 0) is 29.8 Å². The van der Waals surface area contributed by atoms with Gasteiger partial charge in [-0.3, -0.25) is 14.4 Å². The number of nitrogens with zero attached hydrogens (tertiary/aromatic N) is 1. The smallest absolute Gasteiger partial charge is 0.239 e. The van der Waals surface area contributed by atoms with Crippen LogP contribution < -0.4 is 20.9 Å². The number of rotatable bonds is 3. The summed E-state index contributed by atoms with van der Waals surface area (Å²) in [5.41, 5.74) is 2.75. The summed E-state index contributed by atoms with van der Waals surface area (Å²) in [7, 11) is 0. The number of hydrogen-bond donors (Lipinski definition) is 3. The second kappa shape index (κ2) is 7.52. The number of amides is 3. The number of benzene rings is 2. The maximum atomic E-state index is 12.8. The third-order valence-corrected chi connectivity index (χ3v) is 5.21. The van der Waals surface area contributed by atoms with Gasteiger partial charge in [0, 0.05) is 30.9 Å². The van der Waals surface area contributed by atoms with Gasteiger partial charge in [-0.2, -0.15) is 0 Å². The Hall–Kier alpha value is -3.06. The van der Waals surface area contributed by atoms with Crippen LogP contribution in [0.15, 0.2) is 42.5 Å². The van der Waals surface area contributed by atoms with Gasteiger partial charge in [0.05, 0.1) is 23.2 Å². The first-order chi connectivity index (χ1) is 13.5. The highest BCUT2D eigenvalue weighted by atomic mass is 35.5. The van der Waals surface area contributed by atoms with Gasteiger partial charge >= 0.3 is 0 Å². The average Bonchev–Trinajstić information content (AvgIpc) is 2.67. The minimum absolute atomic E-state index is 0.0473. The van der Waals surface area contributed by atoms with E-state index in [0.29, 0.717) is 29.5 Å². The molecule has 0 spiro atoms. The molecule has 2 aliphatic heterocycles. The Morgan fingerprint density at radius 2 is 1.96 bits per heavy atom. The first-order valence-electron chi connectivity index (χ1n) is 9.02. The number of anilines is 3. The van der Waals surface area contributed by atoms with Gasteiger partial charge < -0.3 is 20.9 Å². The summed E-state index contributed by atoms with van der Waals surface area (Å²) in [6.07, 6.45) is 0.0948. The molecule has 2 aromatic carbocycles. The molecule has 144 valence electrons. The Morgan fingerprint density at radius 3 is 2.75 bits per heavy atom. The molecule has 0 aliphatic carbocycles. The van der Waals surface area contributed by atoms with E-state index in [0.717, 1.165) is 11.3 Å². The summed E-state index contributed by atoms with van der Waals surface area (Å²) in [5, 5.41) is 8.87. The zero-order valence-corrected chi connectivity index (χ0v) is 15.8. The van der Waals surface area contributed by atoms with Gasteiger partial charge in [0.1, 0.15) is 0 Å². The maximum Gasteiger partial charge on any atom is 0.239 e. The van der Waals surface area contributed by atoms with Crippen molar-refractivity contribution in [1.29, 1.82) is 0 Å². The fourth-order valence-corrected chi connectivity index (χ4v) is 3.86. The highest BCUT2D eigenvalue weighted by molar-refractivity contribution is 6.33. The van der Waals surface area contributed by atoms with E-state index >= 15 is 0 Å². The quantitative estimate of drug-likeness (QED) is 0.740. The van der Waals surface area contributed by atoms with E-state index in [9.17, 15) is 14.4 Å². The van der Waals surface area contributed by atoms with Crippen LogP contribution in [0.2, 0.25) is 5.02 Å². The number of piperazine rings is 1. The first kappa shape index (κ1) is 18.3. The van der Waals surface area contributed by atoms with Crippen molar-refractivity contribution >= 4 is 46.4 Å². The predicted molar refractivity (Wildman–Crippen MR) is 108 cm³/mol. The van der Waals surface area contributed by atoms with Gasteiger partial charge in [-0.25, -0.2) is 0 Å². The molecule has 4 rings (SSSR count). The number of para-hydroxylation sites is 1. The van der Waals surface area contributed by atoms with Crippen molar-refractivity contribution in [3.63, 3.8) is 0 Å². The predicted octanol–water partition coefficient (Wildman–Crippen LogP) is 2.34. The summed E-state index contributed by atoms with van der Waals surface area (Å²) in [4.78, 5) is 38.2. The number of carbonyl (C=O) groups excluding carboxylic acids is 3. The fraction of sp³-hybridized carbons (Fsp3) is 0.250. The van der Waals surface area contributed by atoms with Crippen molar-refractivity contribution in [3.05, 3.63) is 53.1 Å². The van der Waals surface area contributed by atoms with Crippen molar-refractivity contribution in [2.24, 2.45) is 0 Å². The van der Waals surface area contributed by atoms with E-state index in [1.807, 2.05) is 23.1 Å². The van der Waals surface area contributed by atoms with Crippen LogP contribution in [0.3, 0.4) is 0 Å². The van der Waals surface area contributed by atoms with E-state index in [1.165, 1.54) is 0 Å². The van der Waals surface area contributed by atoms with Crippen molar-refractivity contribution < 1.29 is 14.4 Å². The largest absolute Gasteiger partial charge is 0.359 e. The third kappa shape index (κ3) is 3.66. The average molecular weight is 399 g/mol. The molecule has 8 heteroatoms. The SMILES string of the molecule is O=C1CN(c2ccc(NC(=O)[C@@H]3CC(=O)Nc4ccccc43)cc2Cl)CCN1. The van der Waals surface area contributed by atoms with E-state index in [1.54, 1.807) is 24.3 Å². The Kier molecular flexibility index (Phi) is 4.92. The Labute approximate surface area is 167 Å². The maximum absolute atomic E-state index is 12.8. The molecule has 2 heterocycles. The molecule has 28 heavy (non-hydrogen) atoms.